The molecular weight excluding hydrogens is 447 g/mol. The predicted octanol–water partition coefficient (Wildman–Crippen LogP) is 7.95. The van der Waals surface area contributed by atoms with Crippen LogP contribution in [0.1, 0.15) is 64.4 Å². The molecule has 0 aliphatic rings. The van der Waals surface area contributed by atoms with Crippen LogP contribution in [0.4, 0.5) is 18.0 Å². The van der Waals surface area contributed by atoms with Crippen molar-refractivity contribution in [3.8, 4) is 11.1 Å². The first-order valence-corrected chi connectivity index (χ1v) is 11.0. The number of nitrogens with zero attached hydrogens (tertiary/aromatic N) is 1. The quantitative estimate of drug-likeness (QED) is 0.350. The Morgan fingerprint density at radius 2 is 1.53 bits per heavy atom. The van der Waals surface area contributed by atoms with Crippen molar-refractivity contribution in [1.29, 1.82) is 0 Å². The van der Waals surface area contributed by atoms with Crippen LogP contribution in [-0.4, -0.2) is 29.3 Å². The number of ether oxygens (including phenoxy) is 2. The number of carbonyl (C=O) groups excluding carboxylic acids is 2. The molecule has 0 bridgehead atoms. The number of methoxy groups -OCH3 is 1. The van der Waals surface area contributed by atoms with E-state index in [0.29, 0.717) is 16.5 Å². The molecule has 186 valence electrons. The molecule has 0 atom stereocenters. The Balaban J connectivity index is 0.00000137. The maximum Gasteiger partial charge on any atom is 0.419 e. The number of rotatable bonds is 2. The van der Waals surface area contributed by atoms with Crippen molar-refractivity contribution in [3.63, 3.8) is 0 Å². The second-order valence-electron chi connectivity index (χ2n) is 7.70. The molecule has 34 heavy (non-hydrogen) atoms. The van der Waals surface area contributed by atoms with Crippen molar-refractivity contribution >= 4 is 23.0 Å². The van der Waals surface area contributed by atoms with Crippen LogP contribution in [0.25, 0.3) is 22.0 Å². The molecule has 0 saturated carbocycles. The van der Waals surface area contributed by atoms with E-state index in [4.69, 9.17) is 9.47 Å². The fraction of sp³-hybridized carbons (Fsp3) is 0.385. The second kappa shape index (κ2) is 11.7. The van der Waals surface area contributed by atoms with Gasteiger partial charge in [-0.1, -0.05) is 45.9 Å². The number of alkyl halides is 3. The summed E-state index contributed by atoms with van der Waals surface area (Å²) in [5.74, 6) is -0.602. The maximum atomic E-state index is 13.2. The van der Waals surface area contributed by atoms with E-state index in [1.807, 2.05) is 27.7 Å². The van der Waals surface area contributed by atoms with Crippen LogP contribution in [0.15, 0.2) is 48.7 Å². The predicted molar refractivity (Wildman–Crippen MR) is 128 cm³/mol. The molecule has 3 aromatic rings. The van der Waals surface area contributed by atoms with Crippen LogP contribution >= 0.6 is 0 Å². The highest BCUT2D eigenvalue weighted by molar-refractivity contribution is 6.03. The topological polar surface area (TPSA) is 57.5 Å². The van der Waals surface area contributed by atoms with Crippen LogP contribution in [0, 0.1) is 0 Å². The van der Waals surface area contributed by atoms with E-state index in [2.05, 4.69) is 0 Å². The lowest BCUT2D eigenvalue weighted by Gasteiger charge is -2.19. The highest BCUT2D eigenvalue weighted by Crippen LogP contribution is 2.36. The second-order valence-corrected chi connectivity index (χ2v) is 7.70. The van der Waals surface area contributed by atoms with Gasteiger partial charge in [0.1, 0.15) is 5.60 Å². The normalized spacial score (nSPS) is 11.0. The molecule has 0 radical (unpaired) electrons. The minimum Gasteiger partial charge on any atom is -0.465 e. The third-order valence-corrected chi connectivity index (χ3v) is 4.32. The number of benzene rings is 2. The summed E-state index contributed by atoms with van der Waals surface area (Å²) in [5.41, 5.74) is -0.391. The third kappa shape index (κ3) is 6.85. The van der Waals surface area contributed by atoms with Crippen molar-refractivity contribution in [2.45, 2.75) is 60.2 Å². The van der Waals surface area contributed by atoms with Gasteiger partial charge in [-0.15, -0.1) is 0 Å². The summed E-state index contributed by atoms with van der Waals surface area (Å²) < 4.78 is 50.8. The minimum atomic E-state index is -4.50. The van der Waals surface area contributed by atoms with E-state index in [-0.39, 0.29) is 11.1 Å². The molecule has 0 aliphatic carbocycles. The van der Waals surface area contributed by atoms with Gasteiger partial charge in [0.05, 0.1) is 23.8 Å². The van der Waals surface area contributed by atoms with E-state index in [0.717, 1.165) is 12.1 Å². The number of halogens is 3. The molecule has 2 aromatic carbocycles. The van der Waals surface area contributed by atoms with Crippen molar-refractivity contribution in [2.75, 3.05) is 7.11 Å². The summed E-state index contributed by atoms with van der Waals surface area (Å²) in [6, 6.07) is 9.33. The fourth-order valence-corrected chi connectivity index (χ4v) is 3.03. The van der Waals surface area contributed by atoms with Gasteiger partial charge in [-0.05, 0) is 50.6 Å². The molecule has 8 heteroatoms. The zero-order valence-corrected chi connectivity index (χ0v) is 20.8. The Morgan fingerprint density at radius 3 is 2.06 bits per heavy atom. The van der Waals surface area contributed by atoms with Gasteiger partial charge in [-0.25, -0.2) is 9.59 Å². The molecular formula is C26H32F3NO4. The number of hydrogen-bond acceptors (Lipinski definition) is 4. The van der Waals surface area contributed by atoms with Crippen molar-refractivity contribution < 1.29 is 32.2 Å². The van der Waals surface area contributed by atoms with Crippen LogP contribution in [0.2, 0.25) is 0 Å². The maximum absolute atomic E-state index is 13.2. The molecule has 3 rings (SSSR count). The first-order chi connectivity index (χ1) is 15.9. The van der Waals surface area contributed by atoms with E-state index >= 15 is 0 Å². The molecule has 0 spiro atoms. The van der Waals surface area contributed by atoms with Crippen LogP contribution in [-0.2, 0) is 15.7 Å². The fourth-order valence-electron chi connectivity index (χ4n) is 3.03. The summed E-state index contributed by atoms with van der Waals surface area (Å²) in [7, 11) is 1.23. The highest BCUT2D eigenvalue weighted by Gasteiger charge is 2.31. The summed E-state index contributed by atoms with van der Waals surface area (Å²) >= 11 is 0. The Labute approximate surface area is 198 Å². The van der Waals surface area contributed by atoms with Gasteiger partial charge in [0, 0.05) is 17.1 Å². The molecule has 0 amide bonds. The highest BCUT2D eigenvalue weighted by atomic mass is 19.4. The molecule has 1 aromatic heterocycles. The lowest BCUT2D eigenvalue weighted by Crippen LogP contribution is -2.26. The summed E-state index contributed by atoms with van der Waals surface area (Å²) in [5, 5.41) is 0.493. The van der Waals surface area contributed by atoms with Crippen molar-refractivity contribution in [1.82, 2.24) is 4.57 Å². The van der Waals surface area contributed by atoms with E-state index < -0.39 is 29.4 Å². The van der Waals surface area contributed by atoms with Crippen molar-refractivity contribution in [2.24, 2.45) is 0 Å². The number of hydrogen-bond donors (Lipinski definition) is 0. The van der Waals surface area contributed by atoms with E-state index in [1.54, 1.807) is 26.8 Å². The SMILES string of the molecule is CC.CC.COC(=O)c1ccc2c(-c3cccc(C(F)(F)F)c3)cn(C(=O)OC(C)(C)C)c2c1. The Hall–Kier alpha value is -3.29. The third-order valence-electron chi connectivity index (χ3n) is 4.32. The average Bonchev–Trinajstić information content (AvgIpc) is 3.19. The number of fused-ring (bicyclic) bond motifs is 1. The van der Waals surface area contributed by atoms with Gasteiger partial charge < -0.3 is 9.47 Å². The zero-order valence-electron chi connectivity index (χ0n) is 20.8. The Bertz CT molecular complexity index is 1130. The lowest BCUT2D eigenvalue weighted by molar-refractivity contribution is -0.137. The summed E-state index contributed by atoms with van der Waals surface area (Å²) in [4.78, 5) is 24.7. The van der Waals surface area contributed by atoms with Crippen LogP contribution in [0.3, 0.4) is 0 Å². The standard InChI is InChI=1S/C22H20F3NO4.2C2H6/c1-21(2,3)30-20(28)26-12-17(13-6-5-7-15(10-13)22(23,24)25)16-9-8-14(11-18(16)26)19(27)29-4;2*1-2/h5-12H,1-4H3;2*1-2H3. The van der Waals surface area contributed by atoms with Gasteiger partial charge in [-0.3, -0.25) is 4.57 Å². The molecule has 0 saturated heterocycles. The van der Waals surface area contributed by atoms with Crippen molar-refractivity contribution in [3.05, 3.63) is 59.8 Å². The number of carbonyl (C=O) groups is 2. The smallest absolute Gasteiger partial charge is 0.419 e. The monoisotopic (exact) mass is 479 g/mol. The largest absolute Gasteiger partial charge is 0.465 e. The Kier molecular flexibility index (Phi) is 9.91. The molecule has 0 fully saturated rings. The van der Waals surface area contributed by atoms with Gasteiger partial charge in [0.15, 0.2) is 0 Å². The van der Waals surface area contributed by atoms with Gasteiger partial charge in [0.25, 0.3) is 0 Å². The average molecular weight is 480 g/mol. The first-order valence-electron chi connectivity index (χ1n) is 11.0. The number of esters is 1. The molecule has 0 unspecified atom stereocenters. The lowest BCUT2D eigenvalue weighted by atomic mass is 10.0. The minimum absolute atomic E-state index is 0.198. The molecule has 1 heterocycles. The van der Waals surface area contributed by atoms with E-state index in [1.165, 1.54) is 42.1 Å². The summed E-state index contributed by atoms with van der Waals surface area (Å²) in [6.07, 6.45) is -3.81. The van der Waals surface area contributed by atoms with Crippen LogP contribution < -0.4 is 0 Å². The van der Waals surface area contributed by atoms with Gasteiger partial charge in [0.2, 0.25) is 0 Å². The Morgan fingerprint density at radius 1 is 0.912 bits per heavy atom. The van der Waals surface area contributed by atoms with Crippen LogP contribution in [0.5, 0.6) is 0 Å². The zero-order chi connectivity index (χ0) is 26.3. The molecule has 5 nitrogen and oxygen atoms in total. The van der Waals surface area contributed by atoms with Gasteiger partial charge in [-0.2, -0.15) is 13.2 Å². The number of aromatic nitrogens is 1. The molecule has 0 N–H and O–H groups in total. The summed E-state index contributed by atoms with van der Waals surface area (Å²) in [6.45, 7) is 13.1. The molecule has 0 aliphatic heterocycles. The first kappa shape index (κ1) is 28.7. The van der Waals surface area contributed by atoms with E-state index in [9.17, 15) is 22.8 Å². The van der Waals surface area contributed by atoms with Gasteiger partial charge >= 0.3 is 18.2 Å².